The predicted molar refractivity (Wildman–Crippen MR) is 102 cm³/mol. The molecule has 1 fully saturated rings. The monoisotopic (exact) mass is 382 g/mol. The van der Waals surface area contributed by atoms with Gasteiger partial charge in [0, 0.05) is 23.7 Å². The summed E-state index contributed by atoms with van der Waals surface area (Å²) in [7, 11) is -2.29. The molecule has 1 amide bonds. The van der Waals surface area contributed by atoms with Crippen LogP contribution in [0, 0.1) is 0 Å². The van der Waals surface area contributed by atoms with Gasteiger partial charge in [0.15, 0.2) is 0 Å². The first-order valence-corrected chi connectivity index (χ1v) is 10.6. The molecule has 1 unspecified atom stereocenters. The topological polar surface area (TPSA) is 75.7 Å². The van der Waals surface area contributed by atoms with E-state index >= 15 is 0 Å². The molecule has 1 aliphatic rings. The molecule has 7 heteroatoms. The van der Waals surface area contributed by atoms with Crippen LogP contribution in [0.4, 0.5) is 0 Å². The minimum absolute atomic E-state index is 0.0516. The lowest BCUT2D eigenvalue weighted by molar-refractivity contribution is 0.0911. The van der Waals surface area contributed by atoms with E-state index < -0.39 is 10.0 Å². The van der Waals surface area contributed by atoms with Gasteiger partial charge in [-0.2, -0.15) is 4.31 Å². The second-order valence-corrected chi connectivity index (χ2v) is 9.38. The summed E-state index contributed by atoms with van der Waals surface area (Å²) in [5.74, 6) is -0.0308. The van der Waals surface area contributed by atoms with Crippen LogP contribution in [0.15, 0.2) is 23.1 Å². The zero-order chi connectivity index (χ0) is 19.5. The molecule has 1 N–H and O–H groups in total. The molecule has 146 valence electrons. The maximum absolute atomic E-state index is 13.2. The minimum Gasteiger partial charge on any atom is -0.495 e. The molecule has 1 saturated heterocycles. The van der Waals surface area contributed by atoms with Gasteiger partial charge in [0.1, 0.15) is 10.6 Å². The summed E-state index contributed by atoms with van der Waals surface area (Å²) in [6, 6.07) is 4.51. The number of benzene rings is 1. The Morgan fingerprint density at radius 2 is 2.04 bits per heavy atom. The highest BCUT2D eigenvalue weighted by Gasteiger charge is 2.33. The molecule has 6 nitrogen and oxygen atoms in total. The number of carbonyl (C=O) groups excluding carboxylic acids is 1. The Morgan fingerprint density at radius 1 is 1.35 bits per heavy atom. The summed E-state index contributed by atoms with van der Waals surface area (Å²) in [6.45, 7) is 8.26. The number of methoxy groups -OCH3 is 1. The largest absolute Gasteiger partial charge is 0.495 e. The maximum Gasteiger partial charge on any atom is 0.251 e. The van der Waals surface area contributed by atoms with Gasteiger partial charge in [-0.25, -0.2) is 8.42 Å². The predicted octanol–water partition coefficient (Wildman–Crippen LogP) is 3.18. The van der Waals surface area contributed by atoms with Gasteiger partial charge in [-0.1, -0.05) is 13.3 Å². The number of nitrogens with zero attached hydrogens (tertiary/aromatic N) is 1. The summed E-state index contributed by atoms with van der Waals surface area (Å²) < 4.78 is 33.2. The molecule has 1 aromatic rings. The molecule has 26 heavy (non-hydrogen) atoms. The Morgan fingerprint density at radius 3 is 2.62 bits per heavy atom. The van der Waals surface area contributed by atoms with E-state index in [0.717, 1.165) is 25.7 Å². The Labute approximate surface area is 157 Å². The van der Waals surface area contributed by atoms with Crippen LogP contribution in [0.3, 0.4) is 0 Å². The molecular weight excluding hydrogens is 352 g/mol. The normalized spacial score (nSPS) is 19.2. The van der Waals surface area contributed by atoms with Gasteiger partial charge >= 0.3 is 0 Å². The van der Waals surface area contributed by atoms with Crippen LogP contribution in [-0.2, 0) is 10.0 Å². The Kier molecular flexibility index (Phi) is 6.34. The molecule has 0 spiro atoms. The van der Waals surface area contributed by atoms with Gasteiger partial charge in [0.2, 0.25) is 10.0 Å². The summed E-state index contributed by atoms with van der Waals surface area (Å²) in [5.41, 5.74) is -0.0483. The minimum atomic E-state index is -3.73. The van der Waals surface area contributed by atoms with Crippen LogP contribution in [0.5, 0.6) is 5.75 Å². The zero-order valence-corrected chi connectivity index (χ0v) is 17.1. The lowest BCUT2D eigenvalue weighted by atomic mass is 10.0. The molecule has 1 aliphatic heterocycles. The molecule has 0 bridgehead atoms. The van der Waals surface area contributed by atoms with Crippen LogP contribution in [0.1, 0.15) is 63.7 Å². The SMILES string of the molecule is CCC(C)(C)NC(=O)c1ccc(OC)c(S(=O)(=O)N2CCCCC2C)c1. The van der Waals surface area contributed by atoms with E-state index in [1.54, 1.807) is 12.1 Å². The number of amides is 1. The molecule has 0 aromatic heterocycles. The number of ether oxygens (including phenoxy) is 1. The van der Waals surface area contributed by atoms with E-state index in [1.807, 2.05) is 27.7 Å². The summed E-state index contributed by atoms with van der Waals surface area (Å²) >= 11 is 0. The van der Waals surface area contributed by atoms with Crippen molar-refractivity contribution in [1.82, 2.24) is 9.62 Å². The number of piperidine rings is 1. The smallest absolute Gasteiger partial charge is 0.251 e. The fraction of sp³-hybridized carbons (Fsp3) is 0.632. The molecule has 0 aliphatic carbocycles. The first kappa shape index (κ1) is 20.7. The van der Waals surface area contributed by atoms with Crippen molar-refractivity contribution in [2.75, 3.05) is 13.7 Å². The first-order chi connectivity index (χ1) is 12.1. The molecule has 1 aromatic carbocycles. The van der Waals surface area contributed by atoms with Crippen molar-refractivity contribution >= 4 is 15.9 Å². The Hall–Kier alpha value is -1.60. The third kappa shape index (κ3) is 4.38. The lowest BCUT2D eigenvalue weighted by Crippen LogP contribution is -2.43. The van der Waals surface area contributed by atoms with Crippen LogP contribution in [0.2, 0.25) is 0 Å². The molecule has 1 atom stereocenters. The van der Waals surface area contributed by atoms with Crippen LogP contribution in [-0.4, -0.2) is 43.9 Å². The van der Waals surface area contributed by atoms with Gasteiger partial charge in [0.05, 0.1) is 7.11 Å². The first-order valence-electron chi connectivity index (χ1n) is 9.15. The highest BCUT2D eigenvalue weighted by atomic mass is 32.2. The van der Waals surface area contributed by atoms with Crippen molar-refractivity contribution in [1.29, 1.82) is 0 Å². The van der Waals surface area contributed by atoms with Gasteiger partial charge in [0.25, 0.3) is 5.91 Å². The Balaban J connectivity index is 2.42. The molecule has 0 saturated carbocycles. The van der Waals surface area contributed by atoms with Gasteiger partial charge in [-0.05, 0) is 58.2 Å². The van der Waals surface area contributed by atoms with Gasteiger partial charge in [-0.3, -0.25) is 4.79 Å². The average molecular weight is 383 g/mol. The van der Waals surface area contributed by atoms with E-state index in [2.05, 4.69) is 5.32 Å². The maximum atomic E-state index is 13.2. The highest BCUT2D eigenvalue weighted by Crippen LogP contribution is 2.31. The van der Waals surface area contributed by atoms with Crippen LogP contribution >= 0.6 is 0 Å². The number of carbonyl (C=O) groups is 1. The second-order valence-electron chi connectivity index (χ2n) is 7.52. The van der Waals surface area contributed by atoms with Crippen molar-refractivity contribution in [3.63, 3.8) is 0 Å². The number of sulfonamides is 1. The molecule has 0 radical (unpaired) electrons. The van der Waals surface area contributed by atoms with E-state index in [-0.39, 0.29) is 28.1 Å². The fourth-order valence-corrected chi connectivity index (χ4v) is 4.93. The van der Waals surface area contributed by atoms with Gasteiger partial charge in [-0.15, -0.1) is 0 Å². The number of rotatable bonds is 6. The van der Waals surface area contributed by atoms with Gasteiger partial charge < -0.3 is 10.1 Å². The average Bonchev–Trinajstić information content (AvgIpc) is 2.61. The quantitative estimate of drug-likeness (QED) is 0.820. The number of hydrogen-bond donors (Lipinski definition) is 1. The summed E-state index contributed by atoms with van der Waals surface area (Å²) in [6.07, 6.45) is 3.48. The van der Waals surface area contributed by atoms with Crippen molar-refractivity contribution in [2.45, 2.75) is 69.9 Å². The van der Waals surface area contributed by atoms with E-state index in [9.17, 15) is 13.2 Å². The zero-order valence-electron chi connectivity index (χ0n) is 16.3. The van der Waals surface area contributed by atoms with Crippen molar-refractivity contribution in [2.24, 2.45) is 0 Å². The van der Waals surface area contributed by atoms with E-state index in [0.29, 0.717) is 12.1 Å². The van der Waals surface area contributed by atoms with Crippen molar-refractivity contribution in [3.8, 4) is 5.75 Å². The second kappa shape index (κ2) is 7.96. The lowest BCUT2D eigenvalue weighted by Gasteiger charge is -2.32. The van der Waals surface area contributed by atoms with E-state index in [1.165, 1.54) is 17.5 Å². The number of hydrogen-bond acceptors (Lipinski definition) is 4. The van der Waals surface area contributed by atoms with E-state index in [4.69, 9.17) is 4.74 Å². The Bertz CT molecular complexity index is 759. The molecule has 2 rings (SSSR count). The summed E-state index contributed by atoms with van der Waals surface area (Å²) in [5, 5.41) is 2.94. The van der Waals surface area contributed by atoms with Crippen molar-refractivity contribution < 1.29 is 17.9 Å². The number of nitrogens with one attached hydrogen (secondary N) is 1. The fourth-order valence-electron chi connectivity index (χ4n) is 3.04. The van der Waals surface area contributed by atoms with Crippen LogP contribution in [0.25, 0.3) is 0 Å². The third-order valence-corrected chi connectivity index (χ3v) is 7.13. The third-order valence-electron chi connectivity index (χ3n) is 5.09. The molecule has 1 heterocycles. The highest BCUT2D eigenvalue weighted by molar-refractivity contribution is 7.89. The summed E-state index contributed by atoms with van der Waals surface area (Å²) in [4.78, 5) is 12.6. The van der Waals surface area contributed by atoms with Crippen LogP contribution < -0.4 is 10.1 Å². The molecular formula is C19H30N2O4S. The van der Waals surface area contributed by atoms with Crippen molar-refractivity contribution in [3.05, 3.63) is 23.8 Å². The standard InChI is InChI=1S/C19H30N2O4S/c1-6-19(3,4)20-18(22)15-10-11-16(25-5)17(13-15)26(23,24)21-12-8-7-9-14(21)2/h10-11,13-14H,6-9,12H2,1-5H3,(H,20,22).